The van der Waals surface area contributed by atoms with Gasteiger partial charge in [0, 0.05) is 0 Å². The molecule has 0 aliphatic heterocycles. The second-order valence-corrected chi connectivity index (χ2v) is 2.19. The lowest BCUT2D eigenvalue weighted by Crippen LogP contribution is -2.53. The van der Waals surface area contributed by atoms with Gasteiger partial charge in [0.2, 0.25) is 0 Å². The summed E-state index contributed by atoms with van der Waals surface area (Å²) in [6, 6.07) is 0. The van der Waals surface area contributed by atoms with Crippen molar-refractivity contribution in [1.29, 1.82) is 0 Å². The number of ether oxygens (including phenoxy) is 1. The van der Waals surface area contributed by atoms with Gasteiger partial charge < -0.3 is 4.74 Å². The Morgan fingerprint density at radius 2 is 0.667 bits per heavy atom. The Balaban J connectivity index is 4.89. The van der Waals surface area contributed by atoms with Crippen molar-refractivity contribution in [1.82, 2.24) is 0 Å². The number of alkyl halides is 10. The summed E-state index contributed by atoms with van der Waals surface area (Å²) in [7, 11) is 0. The molecular formula is C4HF10O+. The second-order valence-electron chi connectivity index (χ2n) is 2.19. The molecule has 11 heteroatoms. The second kappa shape index (κ2) is 3.39. The van der Waals surface area contributed by atoms with Crippen molar-refractivity contribution in [3.05, 3.63) is 0 Å². The molecule has 0 aliphatic carbocycles. The largest absolute Gasteiger partial charge is 0.575 e. The molecule has 0 saturated carbocycles. The van der Waals surface area contributed by atoms with Crippen LogP contribution in [0, 0.1) is 0 Å². The van der Waals surface area contributed by atoms with Crippen molar-refractivity contribution in [3.63, 3.8) is 0 Å². The van der Waals surface area contributed by atoms with E-state index in [1.54, 1.807) is 0 Å². The van der Waals surface area contributed by atoms with Crippen LogP contribution in [0.15, 0.2) is 0 Å². The fourth-order valence-electron chi connectivity index (χ4n) is 0.303. The number of hydrogen-bond donors (Lipinski definition) is 0. The van der Waals surface area contributed by atoms with Gasteiger partial charge in [0.25, 0.3) is 0 Å². The number of rotatable bonds is 2. The van der Waals surface area contributed by atoms with Crippen LogP contribution in [0.3, 0.4) is 0 Å². The first-order valence-corrected chi connectivity index (χ1v) is 2.84. The summed E-state index contributed by atoms with van der Waals surface area (Å²) in [5.74, 6) is 0. The predicted octanol–water partition coefficient (Wildman–Crippen LogP) is 2.82. The molecule has 0 heterocycles. The first kappa shape index (κ1) is 14.3. The van der Waals surface area contributed by atoms with Crippen LogP contribution in [0.4, 0.5) is 43.9 Å². The molecule has 1 N–H and O–H groups in total. The fraction of sp³-hybridized carbons (Fsp3) is 1.00. The van der Waals surface area contributed by atoms with E-state index in [0.29, 0.717) is 0 Å². The van der Waals surface area contributed by atoms with Crippen molar-refractivity contribution in [2.24, 2.45) is 0 Å². The number of aliphatic hydroxyl groups is 2. The molecule has 0 aliphatic rings. The summed E-state index contributed by atoms with van der Waals surface area (Å²) in [6.45, 7) is 0. The maximum absolute atomic E-state index is 11.7. The Labute approximate surface area is 74.6 Å². The van der Waals surface area contributed by atoms with Gasteiger partial charge in [-0.1, -0.05) is 0 Å². The SMILES string of the molecule is FC(F)(F)C(F)(F)[OH+]C(F)(F)C(F)(F)F. The Kier molecular flexibility index (Phi) is 3.22. The molecular weight excluding hydrogens is 254 g/mol. The molecule has 0 aromatic heterocycles. The predicted molar refractivity (Wildman–Crippen MR) is 24.2 cm³/mol. The van der Waals surface area contributed by atoms with Crippen LogP contribution in [0.1, 0.15) is 0 Å². The van der Waals surface area contributed by atoms with Gasteiger partial charge in [-0.2, -0.15) is 26.3 Å². The normalized spacial score (nSPS) is 15.6. The molecule has 0 amide bonds. The van der Waals surface area contributed by atoms with E-state index in [0.717, 1.165) is 0 Å². The zero-order chi connectivity index (χ0) is 12.7. The first-order valence-electron chi connectivity index (χ1n) is 2.84. The topological polar surface area (TPSA) is 12.8 Å². The number of halogens is 10. The average Bonchev–Trinajstić information content (AvgIpc) is 1.77. The quantitative estimate of drug-likeness (QED) is 0.531. The van der Waals surface area contributed by atoms with Gasteiger partial charge >= 0.3 is 24.6 Å². The fourth-order valence-corrected chi connectivity index (χ4v) is 0.303. The van der Waals surface area contributed by atoms with Gasteiger partial charge in [-0.25, -0.2) is 0 Å². The molecule has 0 saturated heterocycles. The molecule has 0 fully saturated rings. The summed E-state index contributed by atoms with van der Waals surface area (Å²) >= 11 is 0. The van der Waals surface area contributed by atoms with E-state index in [1.165, 1.54) is 0 Å². The maximum Gasteiger partial charge on any atom is 0.575 e. The summed E-state index contributed by atoms with van der Waals surface area (Å²) in [5.41, 5.74) is 0. The monoisotopic (exact) mass is 255 g/mol. The van der Waals surface area contributed by atoms with E-state index in [1.807, 2.05) is 0 Å². The molecule has 0 unspecified atom stereocenters. The van der Waals surface area contributed by atoms with Crippen LogP contribution in [-0.2, 0) is 0 Å². The van der Waals surface area contributed by atoms with Crippen LogP contribution in [0.2, 0.25) is 0 Å². The van der Waals surface area contributed by atoms with E-state index in [-0.39, 0.29) is 4.74 Å². The number of hydrogen-bond acceptors (Lipinski definition) is 0. The van der Waals surface area contributed by atoms with Crippen molar-refractivity contribution in [2.45, 2.75) is 24.6 Å². The highest BCUT2D eigenvalue weighted by atomic mass is 19.4. The molecule has 0 bridgehead atoms. The van der Waals surface area contributed by atoms with Gasteiger partial charge in [-0.3, -0.25) is 0 Å². The van der Waals surface area contributed by atoms with Gasteiger partial charge in [0.1, 0.15) is 0 Å². The van der Waals surface area contributed by atoms with Crippen molar-refractivity contribution in [2.75, 3.05) is 0 Å². The third kappa shape index (κ3) is 3.11. The van der Waals surface area contributed by atoms with E-state index < -0.39 is 24.6 Å². The van der Waals surface area contributed by atoms with Crippen LogP contribution < -0.4 is 0 Å². The van der Waals surface area contributed by atoms with Crippen molar-refractivity contribution >= 4 is 0 Å². The highest BCUT2D eigenvalue weighted by Gasteiger charge is 2.77. The summed E-state index contributed by atoms with van der Waals surface area (Å²) < 4.78 is 114. The van der Waals surface area contributed by atoms with E-state index in [4.69, 9.17) is 0 Å². The van der Waals surface area contributed by atoms with Crippen molar-refractivity contribution < 1.29 is 48.6 Å². The highest BCUT2D eigenvalue weighted by molar-refractivity contribution is 4.70. The van der Waals surface area contributed by atoms with Crippen LogP contribution in [0.25, 0.3) is 0 Å². The Hall–Kier alpha value is -0.740. The Morgan fingerprint density at radius 3 is 0.800 bits per heavy atom. The minimum Gasteiger partial charge on any atom is -0.303 e. The molecule has 0 rings (SSSR count). The summed E-state index contributed by atoms with van der Waals surface area (Å²) in [5, 5.41) is 0. The molecule has 15 heavy (non-hydrogen) atoms. The molecule has 0 atom stereocenters. The average molecular weight is 255 g/mol. The van der Waals surface area contributed by atoms with E-state index in [9.17, 15) is 43.9 Å². The third-order valence-corrected chi connectivity index (χ3v) is 0.963. The Morgan fingerprint density at radius 1 is 0.467 bits per heavy atom. The zero-order valence-electron chi connectivity index (χ0n) is 6.23. The molecule has 1 nitrogen and oxygen atoms in total. The Bertz CT molecular complexity index is 199. The molecule has 0 radical (unpaired) electrons. The van der Waals surface area contributed by atoms with Crippen molar-refractivity contribution in [3.8, 4) is 0 Å². The van der Waals surface area contributed by atoms with Crippen LogP contribution in [-0.4, -0.2) is 29.3 Å². The van der Waals surface area contributed by atoms with Crippen LogP contribution >= 0.6 is 0 Å². The molecule has 0 aromatic rings. The highest BCUT2D eigenvalue weighted by Crippen LogP contribution is 2.43. The minimum absolute atomic E-state index is 0.167. The van der Waals surface area contributed by atoms with E-state index >= 15 is 0 Å². The summed E-state index contributed by atoms with van der Waals surface area (Å²) in [6.07, 6.45) is -26.2. The zero-order valence-corrected chi connectivity index (χ0v) is 6.23. The standard InChI is InChI=1S/C4F10O/c5-1(6,7)3(11,12)15-4(13,14)2(8,9)10/p+1. The molecule has 0 aromatic carbocycles. The van der Waals surface area contributed by atoms with Crippen LogP contribution in [0.5, 0.6) is 0 Å². The van der Waals surface area contributed by atoms with Gasteiger partial charge in [0.05, 0.1) is 0 Å². The van der Waals surface area contributed by atoms with Gasteiger partial charge in [-0.05, 0) is 0 Å². The lowest BCUT2D eigenvalue weighted by Gasteiger charge is -2.21. The van der Waals surface area contributed by atoms with E-state index in [2.05, 4.69) is 0 Å². The lowest BCUT2D eigenvalue weighted by molar-refractivity contribution is -0.565. The maximum atomic E-state index is 11.7. The smallest absolute Gasteiger partial charge is 0.303 e. The van der Waals surface area contributed by atoms with Gasteiger partial charge in [0.15, 0.2) is 0 Å². The lowest BCUT2D eigenvalue weighted by atomic mass is 10.5. The minimum atomic E-state index is -6.61. The van der Waals surface area contributed by atoms with Gasteiger partial charge in [-0.15, -0.1) is 17.6 Å². The summed E-state index contributed by atoms with van der Waals surface area (Å²) in [4.78, 5) is 0. The third-order valence-electron chi connectivity index (χ3n) is 0.963. The molecule has 0 spiro atoms. The first-order chi connectivity index (χ1) is 6.21. The molecule has 92 valence electrons.